The summed E-state index contributed by atoms with van der Waals surface area (Å²) in [5, 5.41) is 2.64. The molecule has 3 heteroatoms. The zero-order valence-electron chi connectivity index (χ0n) is 18.8. The summed E-state index contributed by atoms with van der Waals surface area (Å²) in [4.78, 5) is 10.2. The lowest BCUT2D eigenvalue weighted by Gasteiger charge is -2.11. The second-order valence-electron chi connectivity index (χ2n) is 8.67. The van der Waals surface area contributed by atoms with E-state index in [0.29, 0.717) is 0 Å². The Morgan fingerprint density at radius 1 is 0.400 bits per heavy atom. The van der Waals surface area contributed by atoms with Gasteiger partial charge < -0.3 is 0 Å². The first-order chi connectivity index (χ1) is 17.3. The Morgan fingerprint density at radius 2 is 0.971 bits per heavy atom. The first-order valence-electron chi connectivity index (χ1n) is 11.7. The maximum absolute atomic E-state index is 5.15. The van der Waals surface area contributed by atoms with Crippen LogP contribution in [0.25, 0.3) is 64.8 Å². The topological polar surface area (TPSA) is 25.8 Å². The number of thiophene rings is 1. The molecule has 0 amide bonds. The minimum atomic E-state index is 0.898. The molecular formula is C32H20N2S. The first-order valence-corrected chi connectivity index (χ1v) is 12.5. The average Bonchev–Trinajstić information content (AvgIpc) is 3.31. The summed E-state index contributed by atoms with van der Waals surface area (Å²) in [5.41, 5.74) is 8.09. The van der Waals surface area contributed by atoms with Gasteiger partial charge in [0.25, 0.3) is 0 Å². The van der Waals surface area contributed by atoms with Crippen LogP contribution in [0.4, 0.5) is 0 Å². The summed E-state index contributed by atoms with van der Waals surface area (Å²) in [7, 11) is 0. The number of nitrogens with zero attached hydrogens (tertiary/aromatic N) is 2. The third kappa shape index (κ3) is 3.49. The van der Waals surface area contributed by atoms with Crippen molar-refractivity contribution in [3.05, 3.63) is 121 Å². The van der Waals surface area contributed by atoms with Crippen LogP contribution in [0.2, 0.25) is 0 Å². The van der Waals surface area contributed by atoms with Gasteiger partial charge in [-0.1, -0.05) is 97.1 Å². The van der Waals surface area contributed by atoms with Crippen molar-refractivity contribution >= 4 is 42.5 Å². The summed E-state index contributed by atoms with van der Waals surface area (Å²) in [6.45, 7) is 0. The molecule has 0 unspecified atom stereocenters. The van der Waals surface area contributed by atoms with Crippen molar-refractivity contribution < 1.29 is 0 Å². The zero-order valence-corrected chi connectivity index (χ0v) is 19.7. The van der Waals surface area contributed by atoms with Crippen LogP contribution in [0, 0.1) is 0 Å². The summed E-state index contributed by atoms with van der Waals surface area (Å²) in [6, 6.07) is 42.4. The van der Waals surface area contributed by atoms with Crippen molar-refractivity contribution in [3.63, 3.8) is 0 Å². The van der Waals surface area contributed by atoms with Gasteiger partial charge in [-0.3, -0.25) is 0 Å². The van der Waals surface area contributed by atoms with Crippen LogP contribution >= 0.6 is 11.3 Å². The third-order valence-corrected chi connectivity index (χ3v) is 7.60. The normalized spacial score (nSPS) is 11.4. The van der Waals surface area contributed by atoms with E-state index in [-0.39, 0.29) is 0 Å². The van der Waals surface area contributed by atoms with E-state index in [2.05, 4.69) is 84.9 Å². The molecule has 0 aliphatic heterocycles. The Labute approximate surface area is 207 Å². The van der Waals surface area contributed by atoms with Crippen molar-refractivity contribution in [1.29, 1.82) is 0 Å². The summed E-state index contributed by atoms with van der Waals surface area (Å²) >= 11 is 1.85. The van der Waals surface area contributed by atoms with Crippen molar-refractivity contribution in [2.75, 3.05) is 0 Å². The molecule has 35 heavy (non-hydrogen) atoms. The molecule has 2 aromatic heterocycles. The summed E-state index contributed by atoms with van der Waals surface area (Å²) < 4.78 is 2.63. The van der Waals surface area contributed by atoms with Gasteiger partial charge in [0.15, 0.2) is 0 Å². The maximum Gasteiger partial charge on any atom is 0.0973 e. The molecule has 5 aromatic carbocycles. The van der Waals surface area contributed by atoms with Gasteiger partial charge in [0.2, 0.25) is 0 Å². The molecule has 0 radical (unpaired) electrons. The molecule has 2 nitrogen and oxygen atoms in total. The lowest BCUT2D eigenvalue weighted by molar-refractivity contribution is 1.29. The average molecular weight is 465 g/mol. The van der Waals surface area contributed by atoms with E-state index in [9.17, 15) is 0 Å². The van der Waals surface area contributed by atoms with Crippen LogP contribution in [-0.4, -0.2) is 9.97 Å². The van der Waals surface area contributed by atoms with Crippen molar-refractivity contribution in [2.24, 2.45) is 0 Å². The lowest BCUT2D eigenvalue weighted by Crippen LogP contribution is -1.95. The van der Waals surface area contributed by atoms with E-state index < -0.39 is 0 Å². The van der Waals surface area contributed by atoms with Gasteiger partial charge in [-0.15, -0.1) is 11.3 Å². The van der Waals surface area contributed by atoms with E-state index in [0.717, 1.165) is 39.1 Å². The Kier molecular flexibility index (Phi) is 4.68. The van der Waals surface area contributed by atoms with Crippen molar-refractivity contribution in [1.82, 2.24) is 9.97 Å². The molecule has 0 N–H and O–H groups in total. The largest absolute Gasteiger partial charge is 0.244 e. The Morgan fingerprint density at radius 3 is 1.71 bits per heavy atom. The number of hydrogen-bond donors (Lipinski definition) is 0. The SMILES string of the molecule is c1ccc(-c2nc3ccc(-c4ccc5c(c4)sc4ccccc45)cc3nc2-c2ccccc2)cc1. The molecule has 7 rings (SSSR count). The highest BCUT2D eigenvalue weighted by atomic mass is 32.1. The van der Waals surface area contributed by atoms with E-state index >= 15 is 0 Å². The fourth-order valence-corrected chi connectivity index (χ4v) is 5.88. The number of hydrogen-bond acceptors (Lipinski definition) is 3. The number of rotatable bonds is 3. The molecule has 0 bridgehead atoms. The fourth-order valence-electron chi connectivity index (χ4n) is 4.73. The molecule has 0 aliphatic carbocycles. The monoisotopic (exact) mass is 464 g/mol. The quantitative estimate of drug-likeness (QED) is 0.261. The van der Waals surface area contributed by atoms with E-state index in [4.69, 9.17) is 9.97 Å². The highest BCUT2D eigenvalue weighted by molar-refractivity contribution is 7.25. The van der Waals surface area contributed by atoms with Crippen molar-refractivity contribution in [3.8, 4) is 33.6 Å². The first kappa shape index (κ1) is 20.1. The van der Waals surface area contributed by atoms with Crippen LogP contribution in [0.15, 0.2) is 121 Å². The van der Waals surface area contributed by atoms with Crippen LogP contribution < -0.4 is 0 Å². The van der Waals surface area contributed by atoms with E-state index in [1.807, 2.05) is 47.7 Å². The van der Waals surface area contributed by atoms with Gasteiger partial charge in [-0.05, 0) is 35.4 Å². The van der Waals surface area contributed by atoms with Crippen LogP contribution in [0.1, 0.15) is 0 Å². The molecule has 164 valence electrons. The zero-order chi connectivity index (χ0) is 23.2. The maximum atomic E-state index is 5.15. The second kappa shape index (κ2) is 8.15. The predicted molar refractivity (Wildman–Crippen MR) is 149 cm³/mol. The minimum Gasteiger partial charge on any atom is -0.244 e. The van der Waals surface area contributed by atoms with Crippen molar-refractivity contribution in [2.45, 2.75) is 0 Å². The van der Waals surface area contributed by atoms with Gasteiger partial charge in [-0.25, -0.2) is 9.97 Å². The lowest BCUT2D eigenvalue weighted by atomic mass is 10.0. The van der Waals surface area contributed by atoms with E-state index in [1.54, 1.807) is 0 Å². The molecule has 2 heterocycles. The number of benzene rings is 5. The van der Waals surface area contributed by atoms with Gasteiger partial charge in [0.1, 0.15) is 0 Å². The Bertz CT molecular complexity index is 1840. The molecule has 0 aliphatic rings. The van der Waals surface area contributed by atoms with Crippen LogP contribution in [0.3, 0.4) is 0 Å². The highest BCUT2D eigenvalue weighted by Gasteiger charge is 2.14. The number of aromatic nitrogens is 2. The van der Waals surface area contributed by atoms with Gasteiger partial charge in [0.05, 0.1) is 22.4 Å². The molecule has 0 atom stereocenters. The number of fused-ring (bicyclic) bond motifs is 4. The highest BCUT2D eigenvalue weighted by Crippen LogP contribution is 2.37. The summed E-state index contributed by atoms with van der Waals surface area (Å²) in [6.07, 6.45) is 0. The molecule has 7 aromatic rings. The Hall–Kier alpha value is -4.34. The van der Waals surface area contributed by atoms with Crippen LogP contribution in [-0.2, 0) is 0 Å². The Balaban J connectivity index is 1.40. The smallest absolute Gasteiger partial charge is 0.0973 e. The van der Waals surface area contributed by atoms with Gasteiger partial charge >= 0.3 is 0 Å². The third-order valence-electron chi connectivity index (χ3n) is 6.47. The van der Waals surface area contributed by atoms with Gasteiger partial charge in [-0.2, -0.15) is 0 Å². The van der Waals surface area contributed by atoms with Gasteiger partial charge in [0, 0.05) is 31.3 Å². The van der Waals surface area contributed by atoms with E-state index in [1.165, 1.54) is 25.7 Å². The van der Waals surface area contributed by atoms with Crippen LogP contribution in [0.5, 0.6) is 0 Å². The fraction of sp³-hybridized carbons (Fsp3) is 0. The molecule has 0 saturated carbocycles. The molecule has 0 saturated heterocycles. The molecular weight excluding hydrogens is 444 g/mol. The minimum absolute atomic E-state index is 0.898. The summed E-state index contributed by atoms with van der Waals surface area (Å²) in [5.74, 6) is 0. The predicted octanol–water partition coefficient (Wildman–Crippen LogP) is 9.00. The standard InChI is InChI=1S/C32H20N2S/c1-3-9-21(10-4-1)31-32(22-11-5-2-6-12-22)34-28-19-23(16-18-27(28)33-31)24-15-17-26-25-13-7-8-14-29(25)35-30(26)20-24/h1-20H. The molecule has 0 fully saturated rings. The molecule has 0 spiro atoms. The second-order valence-corrected chi connectivity index (χ2v) is 9.75.